The summed E-state index contributed by atoms with van der Waals surface area (Å²) in [5.74, 6) is -0.818. The summed E-state index contributed by atoms with van der Waals surface area (Å²) in [5.41, 5.74) is 5.18. The van der Waals surface area contributed by atoms with E-state index < -0.39 is 21.0 Å². The maximum absolute atomic E-state index is 12.1. The van der Waals surface area contributed by atoms with Crippen molar-refractivity contribution in [3.63, 3.8) is 0 Å². The highest BCUT2D eigenvalue weighted by atomic mass is 32.2. The lowest BCUT2D eigenvalue weighted by Gasteiger charge is -2.16. The summed E-state index contributed by atoms with van der Waals surface area (Å²) in [5, 5.41) is -1.05. The second-order valence-corrected chi connectivity index (χ2v) is 6.73. The lowest BCUT2D eigenvalue weighted by molar-refractivity contribution is -0.117. The Balaban J connectivity index is 2.65. The molecule has 6 heteroatoms. The summed E-state index contributed by atoms with van der Waals surface area (Å²) in [6, 6.07) is 0. The first-order valence-corrected chi connectivity index (χ1v) is 7.81. The number of sulfone groups is 1. The van der Waals surface area contributed by atoms with Crippen LogP contribution in [0.3, 0.4) is 0 Å². The molecule has 0 aliphatic carbocycles. The smallest absolute Gasteiger partial charge is 0.235 e. The summed E-state index contributed by atoms with van der Waals surface area (Å²) >= 11 is 0. The number of carbonyl (C=O) groups excluding carboxylic acids is 1. The molecule has 1 rings (SSSR count). The fourth-order valence-electron chi connectivity index (χ4n) is 2.04. The monoisotopic (exact) mass is 263 g/mol. The van der Waals surface area contributed by atoms with E-state index in [-0.39, 0.29) is 11.9 Å². The van der Waals surface area contributed by atoms with Gasteiger partial charge in [-0.1, -0.05) is 19.8 Å². The SMILES string of the molecule is CCCCC(C(N)=O)S(=O)(=O)CC1CCCO1. The Hall–Kier alpha value is -0.620. The van der Waals surface area contributed by atoms with Gasteiger partial charge in [0.15, 0.2) is 9.84 Å². The first kappa shape index (κ1) is 14.4. The quantitative estimate of drug-likeness (QED) is 0.729. The second-order valence-electron chi connectivity index (χ2n) is 4.50. The van der Waals surface area contributed by atoms with Gasteiger partial charge >= 0.3 is 0 Å². The Morgan fingerprint density at radius 3 is 2.71 bits per heavy atom. The van der Waals surface area contributed by atoms with Gasteiger partial charge in [-0.2, -0.15) is 0 Å². The second kappa shape index (κ2) is 6.35. The molecular weight excluding hydrogens is 242 g/mol. The van der Waals surface area contributed by atoms with Crippen molar-refractivity contribution in [3.8, 4) is 0 Å². The van der Waals surface area contributed by atoms with E-state index in [0.717, 1.165) is 19.3 Å². The minimum absolute atomic E-state index is 0.0790. The molecule has 5 nitrogen and oxygen atoms in total. The molecule has 1 aliphatic heterocycles. The van der Waals surface area contributed by atoms with Crippen molar-refractivity contribution in [2.75, 3.05) is 12.4 Å². The van der Waals surface area contributed by atoms with Crippen LogP contribution in [0.5, 0.6) is 0 Å². The summed E-state index contributed by atoms with van der Waals surface area (Å²) < 4.78 is 29.4. The predicted molar refractivity (Wildman–Crippen MR) is 65.3 cm³/mol. The first-order valence-electron chi connectivity index (χ1n) is 6.10. The number of ether oxygens (including phenoxy) is 1. The average Bonchev–Trinajstić information content (AvgIpc) is 2.69. The molecule has 0 aromatic carbocycles. The number of amides is 1. The molecule has 1 aliphatic rings. The van der Waals surface area contributed by atoms with Gasteiger partial charge in [-0.05, 0) is 19.3 Å². The highest BCUT2D eigenvalue weighted by molar-refractivity contribution is 7.92. The Kier molecular flexibility index (Phi) is 5.39. The molecule has 0 spiro atoms. The zero-order valence-corrected chi connectivity index (χ0v) is 11.0. The van der Waals surface area contributed by atoms with Gasteiger partial charge in [-0.15, -0.1) is 0 Å². The third kappa shape index (κ3) is 4.27. The lowest BCUT2D eigenvalue weighted by Crippen LogP contribution is -2.39. The molecule has 0 aromatic heterocycles. The molecule has 1 saturated heterocycles. The van der Waals surface area contributed by atoms with Gasteiger partial charge in [0.25, 0.3) is 0 Å². The van der Waals surface area contributed by atoms with Gasteiger partial charge in [0.05, 0.1) is 11.9 Å². The first-order chi connectivity index (χ1) is 7.97. The van der Waals surface area contributed by atoms with E-state index in [4.69, 9.17) is 10.5 Å². The average molecular weight is 263 g/mol. The third-order valence-corrected chi connectivity index (χ3v) is 5.18. The fourth-order valence-corrected chi connectivity index (χ4v) is 3.93. The molecular formula is C11H21NO4S. The fraction of sp³-hybridized carbons (Fsp3) is 0.909. The molecule has 2 atom stereocenters. The van der Waals surface area contributed by atoms with Crippen LogP contribution >= 0.6 is 0 Å². The van der Waals surface area contributed by atoms with E-state index >= 15 is 0 Å². The minimum Gasteiger partial charge on any atom is -0.377 e. The van der Waals surface area contributed by atoms with Crippen LogP contribution in [-0.4, -0.2) is 38.0 Å². The van der Waals surface area contributed by atoms with E-state index in [1.54, 1.807) is 0 Å². The maximum atomic E-state index is 12.1. The van der Waals surface area contributed by atoms with Gasteiger partial charge in [0.2, 0.25) is 5.91 Å². The van der Waals surface area contributed by atoms with Crippen molar-refractivity contribution in [2.45, 2.75) is 50.4 Å². The Morgan fingerprint density at radius 2 is 2.24 bits per heavy atom. The van der Waals surface area contributed by atoms with Crippen LogP contribution in [0.1, 0.15) is 39.0 Å². The van der Waals surface area contributed by atoms with Crippen molar-refractivity contribution in [1.82, 2.24) is 0 Å². The molecule has 0 radical (unpaired) electrons. The molecule has 2 N–H and O–H groups in total. The van der Waals surface area contributed by atoms with E-state index in [0.29, 0.717) is 19.4 Å². The Labute approximate surface area is 103 Å². The zero-order valence-electron chi connectivity index (χ0n) is 10.2. The number of primary amides is 1. The highest BCUT2D eigenvalue weighted by Gasteiger charge is 2.33. The molecule has 0 aromatic rings. The van der Waals surface area contributed by atoms with Crippen molar-refractivity contribution < 1.29 is 17.9 Å². The van der Waals surface area contributed by atoms with E-state index in [1.165, 1.54) is 0 Å². The molecule has 1 fully saturated rings. The minimum atomic E-state index is -3.48. The molecule has 1 heterocycles. The van der Waals surface area contributed by atoms with Gasteiger partial charge in [0.1, 0.15) is 5.25 Å². The third-order valence-electron chi connectivity index (χ3n) is 3.01. The van der Waals surface area contributed by atoms with Gasteiger partial charge < -0.3 is 10.5 Å². The van der Waals surface area contributed by atoms with Crippen molar-refractivity contribution in [3.05, 3.63) is 0 Å². The van der Waals surface area contributed by atoms with Gasteiger partial charge in [-0.3, -0.25) is 4.79 Å². The largest absolute Gasteiger partial charge is 0.377 e. The van der Waals surface area contributed by atoms with Crippen LogP contribution in [0, 0.1) is 0 Å². The Bertz CT molecular complexity index is 346. The molecule has 0 bridgehead atoms. The summed E-state index contributed by atoms with van der Waals surface area (Å²) in [7, 11) is -3.48. The molecule has 0 saturated carbocycles. The predicted octanol–water partition coefficient (Wildman–Crippen LogP) is 0.624. The number of hydrogen-bond acceptors (Lipinski definition) is 4. The van der Waals surface area contributed by atoms with Crippen LogP contribution in [0.4, 0.5) is 0 Å². The van der Waals surface area contributed by atoms with Crippen molar-refractivity contribution in [1.29, 1.82) is 0 Å². The van der Waals surface area contributed by atoms with Crippen LogP contribution in [0.25, 0.3) is 0 Å². The zero-order chi connectivity index (χ0) is 12.9. The topological polar surface area (TPSA) is 86.5 Å². The number of carbonyl (C=O) groups is 1. The highest BCUT2D eigenvalue weighted by Crippen LogP contribution is 2.18. The number of nitrogens with two attached hydrogens (primary N) is 1. The standard InChI is InChI=1S/C11H21NO4S/c1-2-3-6-10(11(12)13)17(14,15)8-9-5-4-7-16-9/h9-10H,2-8H2,1H3,(H2,12,13). The van der Waals surface area contributed by atoms with Crippen LogP contribution in [0.15, 0.2) is 0 Å². The van der Waals surface area contributed by atoms with Crippen LogP contribution in [0.2, 0.25) is 0 Å². The van der Waals surface area contributed by atoms with Crippen molar-refractivity contribution in [2.24, 2.45) is 5.73 Å². The summed E-state index contributed by atoms with van der Waals surface area (Å²) in [4.78, 5) is 11.2. The molecule has 100 valence electrons. The van der Waals surface area contributed by atoms with Gasteiger partial charge in [-0.25, -0.2) is 8.42 Å². The Morgan fingerprint density at radius 1 is 1.53 bits per heavy atom. The van der Waals surface area contributed by atoms with Crippen LogP contribution in [-0.2, 0) is 19.4 Å². The normalized spacial score (nSPS) is 22.5. The lowest BCUT2D eigenvalue weighted by atomic mass is 10.2. The van der Waals surface area contributed by atoms with Gasteiger partial charge in [0, 0.05) is 6.61 Å². The number of rotatable bonds is 7. The number of unbranched alkanes of at least 4 members (excludes halogenated alkanes) is 1. The van der Waals surface area contributed by atoms with E-state index in [2.05, 4.69) is 0 Å². The number of hydrogen-bond donors (Lipinski definition) is 1. The van der Waals surface area contributed by atoms with Crippen LogP contribution < -0.4 is 5.73 Å². The van der Waals surface area contributed by atoms with E-state index in [1.807, 2.05) is 6.92 Å². The molecule has 17 heavy (non-hydrogen) atoms. The van der Waals surface area contributed by atoms with Crippen molar-refractivity contribution >= 4 is 15.7 Å². The maximum Gasteiger partial charge on any atom is 0.235 e. The van der Waals surface area contributed by atoms with E-state index in [9.17, 15) is 13.2 Å². The molecule has 1 amide bonds. The molecule has 2 unspecified atom stereocenters. The summed E-state index contributed by atoms with van der Waals surface area (Å²) in [6.45, 7) is 2.56. The summed E-state index contributed by atoms with van der Waals surface area (Å²) in [6.07, 6.45) is 3.23.